The standard InChI is InChI=1S/C14H19Cl2N5/c1-21(2)8-6-14(17)5-7-18-13(20-14)19-12-9-10(15)3-4-11(12)16/h3-5,7,9H,6,8,17H2,1-2H3,(H2,18,19,20). The number of hydrogen-bond donors (Lipinski definition) is 3. The summed E-state index contributed by atoms with van der Waals surface area (Å²) in [6, 6.07) is 5.20. The fourth-order valence-electron chi connectivity index (χ4n) is 1.87. The lowest BCUT2D eigenvalue weighted by molar-refractivity contribution is 0.352. The second-order valence-electron chi connectivity index (χ2n) is 5.23. The van der Waals surface area contributed by atoms with Crippen LogP contribution in [0.5, 0.6) is 0 Å². The van der Waals surface area contributed by atoms with Crippen molar-refractivity contribution in [1.29, 1.82) is 0 Å². The number of nitrogens with one attached hydrogen (secondary N) is 2. The molecule has 4 N–H and O–H groups in total. The van der Waals surface area contributed by atoms with Crippen LogP contribution in [0.15, 0.2) is 35.5 Å². The highest BCUT2D eigenvalue weighted by Gasteiger charge is 2.24. The lowest BCUT2D eigenvalue weighted by atomic mass is 10.1. The van der Waals surface area contributed by atoms with Crippen LogP contribution < -0.4 is 16.4 Å². The summed E-state index contributed by atoms with van der Waals surface area (Å²) in [6.45, 7) is 0.843. The van der Waals surface area contributed by atoms with Gasteiger partial charge < -0.3 is 21.3 Å². The van der Waals surface area contributed by atoms with Gasteiger partial charge in [0.15, 0.2) is 0 Å². The van der Waals surface area contributed by atoms with Gasteiger partial charge in [0.2, 0.25) is 5.96 Å². The van der Waals surface area contributed by atoms with Crippen LogP contribution >= 0.6 is 23.2 Å². The molecule has 0 bridgehead atoms. The van der Waals surface area contributed by atoms with E-state index in [-0.39, 0.29) is 0 Å². The molecule has 0 radical (unpaired) electrons. The smallest absolute Gasteiger partial charge is 0.202 e. The lowest BCUT2D eigenvalue weighted by Gasteiger charge is -2.28. The predicted octanol–water partition coefficient (Wildman–Crippen LogP) is 2.48. The van der Waals surface area contributed by atoms with E-state index in [1.807, 2.05) is 20.2 Å². The highest BCUT2D eigenvalue weighted by molar-refractivity contribution is 6.35. The number of aliphatic imine (C=N–C) groups is 1. The Bertz CT molecular complexity index is 570. The summed E-state index contributed by atoms with van der Waals surface area (Å²) in [7, 11) is 4.01. The van der Waals surface area contributed by atoms with Crippen molar-refractivity contribution in [2.75, 3.05) is 26.0 Å². The number of nitrogens with two attached hydrogens (primary N) is 1. The van der Waals surface area contributed by atoms with Crippen molar-refractivity contribution < 1.29 is 0 Å². The molecule has 0 fully saturated rings. The zero-order chi connectivity index (χ0) is 15.5. The van der Waals surface area contributed by atoms with Crippen molar-refractivity contribution in [2.45, 2.75) is 12.1 Å². The topological polar surface area (TPSA) is 65.7 Å². The first-order chi connectivity index (χ1) is 9.88. The van der Waals surface area contributed by atoms with Crippen molar-refractivity contribution >= 4 is 34.8 Å². The van der Waals surface area contributed by atoms with Gasteiger partial charge in [0.1, 0.15) is 5.66 Å². The molecular formula is C14H19Cl2N5. The van der Waals surface area contributed by atoms with Gasteiger partial charge in [0.05, 0.1) is 10.7 Å². The molecule has 0 amide bonds. The fourth-order valence-corrected chi connectivity index (χ4v) is 2.21. The third-order valence-electron chi connectivity index (χ3n) is 3.05. The van der Waals surface area contributed by atoms with Crippen LogP contribution in [0, 0.1) is 0 Å². The molecule has 1 aromatic rings. The average Bonchev–Trinajstić information content (AvgIpc) is 2.41. The molecular weight excluding hydrogens is 309 g/mol. The van der Waals surface area contributed by atoms with Crippen LogP contribution in [0.4, 0.5) is 5.69 Å². The van der Waals surface area contributed by atoms with E-state index in [1.54, 1.807) is 24.4 Å². The molecule has 1 atom stereocenters. The maximum Gasteiger partial charge on any atom is 0.202 e. The summed E-state index contributed by atoms with van der Waals surface area (Å²) < 4.78 is 0. The van der Waals surface area contributed by atoms with Gasteiger partial charge >= 0.3 is 0 Å². The minimum Gasteiger partial charge on any atom is -0.333 e. The van der Waals surface area contributed by atoms with E-state index in [2.05, 4.69) is 20.5 Å². The minimum atomic E-state index is -0.733. The second kappa shape index (κ2) is 6.66. The molecule has 114 valence electrons. The van der Waals surface area contributed by atoms with Gasteiger partial charge in [-0.15, -0.1) is 0 Å². The molecule has 7 heteroatoms. The first-order valence-electron chi connectivity index (χ1n) is 6.58. The SMILES string of the molecule is CN(C)CCC1(N)C=CNC(Nc2cc(Cl)ccc2Cl)=N1. The number of anilines is 1. The fraction of sp³-hybridized carbons (Fsp3) is 0.357. The van der Waals surface area contributed by atoms with Gasteiger partial charge in [0, 0.05) is 24.2 Å². The summed E-state index contributed by atoms with van der Waals surface area (Å²) in [6.07, 6.45) is 4.34. The summed E-state index contributed by atoms with van der Waals surface area (Å²) >= 11 is 12.1. The Kier molecular flexibility index (Phi) is 5.11. The first kappa shape index (κ1) is 16.1. The Labute approximate surface area is 134 Å². The van der Waals surface area contributed by atoms with Crippen LogP contribution in [0.1, 0.15) is 6.42 Å². The van der Waals surface area contributed by atoms with Gasteiger partial charge in [-0.05, 0) is 38.4 Å². The van der Waals surface area contributed by atoms with E-state index in [0.29, 0.717) is 28.1 Å². The van der Waals surface area contributed by atoms with Gasteiger partial charge in [-0.1, -0.05) is 23.2 Å². The summed E-state index contributed by atoms with van der Waals surface area (Å²) in [4.78, 5) is 6.58. The number of nitrogens with zero attached hydrogens (tertiary/aromatic N) is 2. The molecule has 0 spiro atoms. The number of guanidine groups is 1. The van der Waals surface area contributed by atoms with Crippen LogP contribution in [0.2, 0.25) is 10.0 Å². The second-order valence-corrected chi connectivity index (χ2v) is 6.08. The van der Waals surface area contributed by atoms with Crippen molar-refractivity contribution in [3.05, 3.63) is 40.5 Å². The lowest BCUT2D eigenvalue weighted by Crippen LogP contribution is -2.45. The number of hydrogen-bond acceptors (Lipinski definition) is 5. The molecule has 1 aliphatic rings. The molecule has 1 aliphatic heterocycles. The van der Waals surface area contributed by atoms with Crippen LogP contribution in [0.3, 0.4) is 0 Å². The molecule has 1 heterocycles. The maximum atomic E-state index is 6.28. The van der Waals surface area contributed by atoms with E-state index in [4.69, 9.17) is 28.9 Å². The first-order valence-corrected chi connectivity index (χ1v) is 7.33. The molecule has 1 aromatic carbocycles. The van der Waals surface area contributed by atoms with Crippen LogP contribution in [-0.2, 0) is 0 Å². The molecule has 21 heavy (non-hydrogen) atoms. The normalized spacial score (nSPS) is 21.1. The summed E-state index contributed by atoms with van der Waals surface area (Å²) in [5, 5.41) is 7.29. The molecule has 0 aliphatic carbocycles. The summed E-state index contributed by atoms with van der Waals surface area (Å²) in [5.74, 6) is 0.544. The number of benzene rings is 1. The Balaban J connectivity index is 2.12. The van der Waals surface area contributed by atoms with Crippen molar-refractivity contribution in [1.82, 2.24) is 10.2 Å². The van der Waals surface area contributed by atoms with Crippen molar-refractivity contribution in [2.24, 2.45) is 10.7 Å². The van der Waals surface area contributed by atoms with Gasteiger partial charge in [-0.3, -0.25) is 0 Å². The highest BCUT2D eigenvalue weighted by Crippen LogP contribution is 2.26. The number of halogens is 2. The largest absolute Gasteiger partial charge is 0.333 e. The highest BCUT2D eigenvalue weighted by atomic mass is 35.5. The van der Waals surface area contributed by atoms with Crippen LogP contribution in [-0.4, -0.2) is 37.2 Å². The molecule has 0 saturated heterocycles. The van der Waals surface area contributed by atoms with E-state index in [0.717, 1.165) is 6.54 Å². The zero-order valence-electron chi connectivity index (χ0n) is 12.0. The molecule has 1 unspecified atom stereocenters. The quantitative estimate of drug-likeness (QED) is 0.794. The predicted molar refractivity (Wildman–Crippen MR) is 89.9 cm³/mol. The van der Waals surface area contributed by atoms with Gasteiger partial charge in [-0.2, -0.15) is 0 Å². The third kappa shape index (κ3) is 4.61. The summed E-state index contributed by atoms with van der Waals surface area (Å²) in [5.41, 5.74) is 6.23. The van der Waals surface area contributed by atoms with E-state index < -0.39 is 5.66 Å². The van der Waals surface area contributed by atoms with Crippen molar-refractivity contribution in [3.63, 3.8) is 0 Å². The van der Waals surface area contributed by atoms with E-state index in [9.17, 15) is 0 Å². The monoisotopic (exact) mass is 327 g/mol. The molecule has 0 aromatic heterocycles. The van der Waals surface area contributed by atoms with Gasteiger partial charge in [-0.25, -0.2) is 4.99 Å². The average molecular weight is 328 g/mol. The molecule has 0 saturated carbocycles. The van der Waals surface area contributed by atoms with Crippen molar-refractivity contribution in [3.8, 4) is 0 Å². The third-order valence-corrected chi connectivity index (χ3v) is 3.62. The Morgan fingerprint density at radius 3 is 2.86 bits per heavy atom. The van der Waals surface area contributed by atoms with E-state index >= 15 is 0 Å². The van der Waals surface area contributed by atoms with E-state index in [1.165, 1.54) is 0 Å². The number of rotatable bonds is 4. The molecule has 5 nitrogen and oxygen atoms in total. The van der Waals surface area contributed by atoms with Gasteiger partial charge in [0.25, 0.3) is 0 Å². The Hall–Kier alpha value is -1.27. The molecule has 2 rings (SSSR count). The Morgan fingerprint density at radius 1 is 1.38 bits per heavy atom. The minimum absolute atomic E-state index is 0.544. The Morgan fingerprint density at radius 2 is 2.14 bits per heavy atom. The maximum absolute atomic E-state index is 6.28. The zero-order valence-corrected chi connectivity index (χ0v) is 13.5. The van der Waals surface area contributed by atoms with Crippen LogP contribution in [0.25, 0.3) is 0 Å².